The average molecular weight is 429 g/mol. The van der Waals surface area contributed by atoms with Crippen molar-refractivity contribution < 1.29 is 9.18 Å². The molecule has 0 fully saturated rings. The molecule has 2 heterocycles. The zero-order valence-corrected chi connectivity index (χ0v) is 17.8. The minimum Gasteiger partial charge on any atom is -0.349 e. The lowest BCUT2D eigenvalue weighted by atomic mass is 10.1. The molecule has 6 heteroatoms. The van der Waals surface area contributed by atoms with Crippen LogP contribution >= 0.6 is 0 Å². The van der Waals surface area contributed by atoms with E-state index in [1.165, 1.54) is 22.3 Å². The molecule has 1 amide bonds. The summed E-state index contributed by atoms with van der Waals surface area (Å²) in [5.41, 5.74) is 2.07. The van der Waals surface area contributed by atoms with Gasteiger partial charge in [-0.15, -0.1) is 0 Å². The molecular weight excluding hydrogens is 405 g/mol. The Bertz CT molecular complexity index is 1280. The largest absolute Gasteiger partial charge is 0.349 e. The van der Waals surface area contributed by atoms with E-state index in [0.29, 0.717) is 11.0 Å². The van der Waals surface area contributed by atoms with E-state index >= 15 is 0 Å². The molecular formula is C26H24FN3O2. The highest BCUT2D eigenvalue weighted by atomic mass is 19.1. The summed E-state index contributed by atoms with van der Waals surface area (Å²) < 4.78 is 14.8. The standard InChI is InChI=1S/C26H24FN3O2/c1-18(9-10-19-6-3-2-4-7-19)29-25(31)23-16-21-8-5-15-28-24(21)30(26(23)32)17-20-11-13-22(27)14-12-20/h2-8,11-16,18H,9-10,17H2,1H3,(H,29,31). The Balaban J connectivity index is 1.59. The summed E-state index contributed by atoms with van der Waals surface area (Å²) >= 11 is 0. The molecule has 1 N–H and O–H groups in total. The molecule has 4 rings (SSSR count). The molecule has 1 atom stereocenters. The number of nitrogens with one attached hydrogen (secondary N) is 1. The summed E-state index contributed by atoms with van der Waals surface area (Å²) in [6, 6.07) is 21.1. The zero-order chi connectivity index (χ0) is 22.5. The maximum Gasteiger partial charge on any atom is 0.265 e. The fourth-order valence-electron chi connectivity index (χ4n) is 3.69. The smallest absolute Gasteiger partial charge is 0.265 e. The number of carbonyl (C=O) groups is 1. The fourth-order valence-corrected chi connectivity index (χ4v) is 3.69. The maximum atomic E-state index is 13.3. The lowest BCUT2D eigenvalue weighted by Gasteiger charge is -2.16. The van der Waals surface area contributed by atoms with E-state index in [1.54, 1.807) is 30.5 Å². The van der Waals surface area contributed by atoms with Crippen molar-refractivity contribution in [2.24, 2.45) is 0 Å². The van der Waals surface area contributed by atoms with Crippen LogP contribution in [0.1, 0.15) is 34.8 Å². The summed E-state index contributed by atoms with van der Waals surface area (Å²) in [7, 11) is 0. The van der Waals surface area contributed by atoms with Gasteiger partial charge < -0.3 is 5.32 Å². The number of rotatable bonds is 7. The second-order valence-electron chi connectivity index (χ2n) is 7.89. The molecule has 32 heavy (non-hydrogen) atoms. The molecule has 5 nitrogen and oxygen atoms in total. The molecule has 4 aromatic rings. The molecule has 0 aliphatic rings. The second-order valence-corrected chi connectivity index (χ2v) is 7.89. The van der Waals surface area contributed by atoms with Gasteiger partial charge in [0.05, 0.1) is 6.54 Å². The maximum absolute atomic E-state index is 13.3. The van der Waals surface area contributed by atoms with Crippen molar-refractivity contribution in [1.29, 1.82) is 0 Å². The quantitative estimate of drug-likeness (QED) is 0.476. The summed E-state index contributed by atoms with van der Waals surface area (Å²) in [5.74, 6) is -0.754. The number of benzene rings is 2. The van der Waals surface area contributed by atoms with Crippen LogP contribution in [-0.2, 0) is 13.0 Å². The van der Waals surface area contributed by atoms with Crippen LogP contribution < -0.4 is 10.9 Å². The van der Waals surface area contributed by atoms with E-state index in [0.717, 1.165) is 18.4 Å². The van der Waals surface area contributed by atoms with E-state index < -0.39 is 11.5 Å². The van der Waals surface area contributed by atoms with Crippen molar-refractivity contribution in [2.75, 3.05) is 0 Å². The first-order chi connectivity index (χ1) is 15.5. The molecule has 1 unspecified atom stereocenters. The summed E-state index contributed by atoms with van der Waals surface area (Å²) in [4.78, 5) is 30.6. The molecule has 162 valence electrons. The van der Waals surface area contributed by atoms with Crippen molar-refractivity contribution >= 4 is 16.9 Å². The third kappa shape index (κ3) is 4.91. The minimum absolute atomic E-state index is 0.0687. The number of hydrogen-bond acceptors (Lipinski definition) is 3. The fraction of sp³-hybridized carbons (Fsp3) is 0.192. The predicted octanol–water partition coefficient (Wildman–Crippen LogP) is 4.34. The van der Waals surface area contributed by atoms with Crippen LogP contribution in [-0.4, -0.2) is 21.5 Å². The average Bonchev–Trinajstić information content (AvgIpc) is 2.81. The third-order valence-corrected chi connectivity index (χ3v) is 5.43. The zero-order valence-electron chi connectivity index (χ0n) is 17.8. The Morgan fingerprint density at radius 2 is 1.78 bits per heavy atom. The van der Waals surface area contributed by atoms with Gasteiger partial charge in [0.15, 0.2) is 0 Å². The molecule has 0 bridgehead atoms. The van der Waals surface area contributed by atoms with Gasteiger partial charge in [-0.1, -0.05) is 42.5 Å². The van der Waals surface area contributed by atoms with Gasteiger partial charge in [0, 0.05) is 17.6 Å². The van der Waals surface area contributed by atoms with Crippen LogP contribution in [0.2, 0.25) is 0 Å². The number of hydrogen-bond donors (Lipinski definition) is 1. The Labute approximate surface area is 185 Å². The molecule has 0 aliphatic carbocycles. The van der Waals surface area contributed by atoms with Crippen LogP contribution in [0.5, 0.6) is 0 Å². The van der Waals surface area contributed by atoms with Crippen molar-refractivity contribution in [3.05, 3.63) is 112 Å². The lowest BCUT2D eigenvalue weighted by Crippen LogP contribution is -2.38. The van der Waals surface area contributed by atoms with Crippen LogP contribution in [0.15, 0.2) is 83.8 Å². The van der Waals surface area contributed by atoms with Crippen LogP contribution in [0.3, 0.4) is 0 Å². The minimum atomic E-state index is -0.423. The number of amides is 1. The first-order valence-corrected chi connectivity index (χ1v) is 10.6. The van der Waals surface area contributed by atoms with Gasteiger partial charge in [0.25, 0.3) is 11.5 Å². The monoisotopic (exact) mass is 429 g/mol. The van der Waals surface area contributed by atoms with Gasteiger partial charge in [0.1, 0.15) is 17.0 Å². The molecule has 0 saturated carbocycles. The number of halogens is 1. The summed E-state index contributed by atoms with van der Waals surface area (Å²) in [6.45, 7) is 2.12. The van der Waals surface area contributed by atoms with E-state index in [1.807, 2.05) is 31.2 Å². The van der Waals surface area contributed by atoms with Crippen molar-refractivity contribution in [3.63, 3.8) is 0 Å². The topological polar surface area (TPSA) is 64.0 Å². The summed E-state index contributed by atoms with van der Waals surface area (Å²) in [5, 5.41) is 3.64. The highest BCUT2D eigenvalue weighted by molar-refractivity contribution is 5.97. The first kappa shape index (κ1) is 21.4. The van der Waals surface area contributed by atoms with Gasteiger partial charge in [0.2, 0.25) is 0 Å². The van der Waals surface area contributed by atoms with Crippen LogP contribution in [0.4, 0.5) is 4.39 Å². The van der Waals surface area contributed by atoms with Crippen molar-refractivity contribution in [1.82, 2.24) is 14.9 Å². The molecule has 0 spiro atoms. The van der Waals surface area contributed by atoms with E-state index in [4.69, 9.17) is 0 Å². The van der Waals surface area contributed by atoms with E-state index in [-0.39, 0.29) is 24.0 Å². The molecule has 2 aromatic carbocycles. The van der Waals surface area contributed by atoms with Gasteiger partial charge >= 0.3 is 0 Å². The molecule has 0 radical (unpaired) electrons. The number of aryl methyl sites for hydroxylation is 1. The van der Waals surface area contributed by atoms with Gasteiger partial charge in [-0.25, -0.2) is 9.37 Å². The Morgan fingerprint density at radius 3 is 2.53 bits per heavy atom. The number of carbonyl (C=O) groups excluding carboxylic acids is 1. The Hall–Kier alpha value is -3.80. The van der Waals surface area contributed by atoms with Crippen LogP contribution in [0, 0.1) is 5.82 Å². The molecule has 0 aliphatic heterocycles. The molecule has 2 aromatic heterocycles. The van der Waals surface area contributed by atoms with Crippen molar-refractivity contribution in [3.8, 4) is 0 Å². The highest BCUT2D eigenvalue weighted by Gasteiger charge is 2.18. The van der Waals surface area contributed by atoms with Crippen molar-refractivity contribution in [2.45, 2.75) is 32.4 Å². The number of aromatic nitrogens is 2. The van der Waals surface area contributed by atoms with Gasteiger partial charge in [-0.2, -0.15) is 0 Å². The van der Waals surface area contributed by atoms with Crippen LogP contribution in [0.25, 0.3) is 11.0 Å². The first-order valence-electron chi connectivity index (χ1n) is 10.6. The third-order valence-electron chi connectivity index (χ3n) is 5.43. The SMILES string of the molecule is CC(CCc1ccccc1)NC(=O)c1cc2cccnc2n(Cc2ccc(F)cc2)c1=O. The number of pyridine rings is 2. The summed E-state index contributed by atoms with van der Waals surface area (Å²) in [6.07, 6.45) is 3.20. The second kappa shape index (κ2) is 9.56. The highest BCUT2D eigenvalue weighted by Crippen LogP contribution is 2.14. The number of fused-ring (bicyclic) bond motifs is 1. The number of nitrogens with zero attached hydrogens (tertiary/aromatic N) is 2. The Morgan fingerprint density at radius 1 is 1.03 bits per heavy atom. The predicted molar refractivity (Wildman–Crippen MR) is 123 cm³/mol. The normalized spacial score (nSPS) is 11.9. The Kier molecular flexibility index (Phi) is 6.40. The lowest BCUT2D eigenvalue weighted by molar-refractivity contribution is 0.0936. The van der Waals surface area contributed by atoms with Gasteiger partial charge in [-0.3, -0.25) is 14.2 Å². The van der Waals surface area contributed by atoms with E-state index in [9.17, 15) is 14.0 Å². The van der Waals surface area contributed by atoms with Gasteiger partial charge in [-0.05, 0) is 61.2 Å². The molecule has 0 saturated heterocycles. The van der Waals surface area contributed by atoms with E-state index in [2.05, 4.69) is 22.4 Å².